The Hall–Kier alpha value is -2.28. The molecule has 1 N–H and O–H groups in total. The van der Waals surface area contributed by atoms with Crippen LogP contribution in [-0.2, 0) is 16.0 Å². The van der Waals surface area contributed by atoms with E-state index in [0.717, 1.165) is 24.1 Å². The first kappa shape index (κ1) is 18.1. The van der Waals surface area contributed by atoms with Gasteiger partial charge in [-0.25, -0.2) is 9.37 Å². The van der Waals surface area contributed by atoms with Crippen molar-refractivity contribution in [2.75, 3.05) is 18.4 Å². The summed E-state index contributed by atoms with van der Waals surface area (Å²) in [5, 5.41) is 5.59. The summed E-state index contributed by atoms with van der Waals surface area (Å²) < 4.78 is 13.0. The van der Waals surface area contributed by atoms with E-state index in [-0.39, 0.29) is 30.0 Å². The summed E-state index contributed by atoms with van der Waals surface area (Å²) in [6.07, 6.45) is 4.17. The molecule has 7 heteroatoms. The van der Waals surface area contributed by atoms with Crippen molar-refractivity contribution in [3.63, 3.8) is 0 Å². The first-order valence-electron chi connectivity index (χ1n) is 9.37. The van der Waals surface area contributed by atoms with E-state index >= 15 is 0 Å². The third-order valence-corrected chi connectivity index (χ3v) is 5.94. The molecule has 1 saturated heterocycles. The van der Waals surface area contributed by atoms with Crippen LogP contribution in [0.4, 0.5) is 9.52 Å². The van der Waals surface area contributed by atoms with Gasteiger partial charge in [0, 0.05) is 24.4 Å². The lowest BCUT2D eigenvalue weighted by atomic mass is 9.96. The fourth-order valence-electron chi connectivity index (χ4n) is 3.42. The van der Waals surface area contributed by atoms with E-state index in [2.05, 4.69) is 10.3 Å². The van der Waals surface area contributed by atoms with Crippen LogP contribution in [0.3, 0.4) is 0 Å². The van der Waals surface area contributed by atoms with Crippen molar-refractivity contribution >= 4 is 28.3 Å². The highest BCUT2D eigenvalue weighted by atomic mass is 32.1. The molecule has 142 valence electrons. The highest BCUT2D eigenvalue weighted by molar-refractivity contribution is 7.13. The number of thiazole rings is 1. The number of rotatable bonds is 5. The number of piperidine rings is 1. The Labute approximate surface area is 161 Å². The lowest BCUT2D eigenvalue weighted by Crippen LogP contribution is -2.44. The van der Waals surface area contributed by atoms with Crippen molar-refractivity contribution in [1.82, 2.24) is 9.88 Å². The molecule has 0 bridgehead atoms. The van der Waals surface area contributed by atoms with Crippen LogP contribution < -0.4 is 5.32 Å². The van der Waals surface area contributed by atoms with Gasteiger partial charge < -0.3 is 10.2 Å². The number of hydrogen-bond donors (Lipinski definition) is 1. The maximum Gasteiger partial charge on any atom is 0.231 e. The number of carbonyl (C=O) groups is 2. The molecule has 2 aromatic rings. The first-order chi connectivity index (χ1) is 13.1. The van der Waals surface area contributed by atoms with Gasteiger partial charge in [0.15, 0.2) is 5.13 Å². The van der Waals surface area contributed by atoms with Crippen LogP contribution >= 0.6 is 11.3 Å². The Morgan fingerprint density at radius 2 is 2.00 bits per heavy atom. The van der Waals surface area contributed by atoms with Crippen molar-refractivity contribution in [3.05, 3.63) is 46.7 Å². The molecule has 1 aliphatic heterocycles. The smallest absolute Gasteiger partial charge is 0.231 e. The number of likely N-dealkylation sites (tertiary alicyclic amines) is 1. The molecule has 27 heavy (non-hydrogen) atoms. The van der Waals surface area contributed by atoms with E-state index in [9.17, 15) is 14.0 Å². The molecule has 0 unspecified atom stereocenters. The number of aromatic nitrogens is 1. The van der Waals surface area contributed by atoms with E-state index < -0.39 is 0 Å². The summed E-state index contributed by atoms with van der Waals surface area (Å²) >= 11 is 1.47. The third-order valence-electron chi connectivity index (χ3n) is 5.16. The Morgan fingerprint density at radius 3 is 2.74 bits per heavy atom. The molecule has 1 aromatic heterocycles. The molecule has 1 aliphatic carbocycles. The van der Waals surface area contributed by atoms with Crippen LogP contribution in [0.15, 0.2) is 29.6 Å². The highest BCUT2D eigenvalue weighted by Crippen LogP contribution is 2.41. The van der Waals surface area contributed by atoms with Crippen molar-refractivity contribution in [2.24, 2.45) is 5.92 Å². The molecular weight excluding hydrogens is 365 g/mol. The van der Waals surface area contributed by atoms with Gasteiger partial charge in [-0.2, -0.15) is 0 Å². The largest absolute Gasteiger partial charge is 0.342 e. The van der Waals surface area contributed by atoms with E-state index in [1.807, 2.05) is 5.38 Å². The zero-order valence-electron chi connectivity index (χ0n) is 15.0. The third kappa shape index (κ3) is 4.53. The first-order valence-corrected chi connectivity index (χ1v) is 10.2. The van der Waals surface area contributed by atoms with Crippen LogP contribution in [0.1, 0.15) is 42.9 Å². The van der Waals surface area contributed by atoms with Gasteiger partial charge in [-0.05, 0) is 43.4 Å². The minimum absolute atomic E-state index is 0.0237. The molecule has 1 aromatic carbocycles. The zero-order valence-corrected chi connectivity index (χ0v) is 15.8. The van der Waals surface area contributed by atoms with Gasteiger partial charge >= 0.3 is 0 Å². The SMILES string of the molecule is O=C(Nc1nc(C2CC2)cs1)[C@H]1CCCN(C(=O)Cc2ccc(F)cc2)C1. The monoisotopic (exact) mass is 387 g/mol. The van der Waals surface area contributed by atoms with Gasteiger partial charge in [0.05, 0.1) is 18.0 Å². The minimum Gasteiger partial charge on any atom is -0.342 e. The Kier molecular flexibility index (Phi) is 5.20. The second kappa shape index (κ2) is 7.76. The molecule has 2 heterocycles. The fourth-order valence-corrected chi connectivity index (χ4v) is 4.22. The van der Waals surface area contributed by atoms with Crippen LogP contribution in [-0.4, -0.2) is 34.8 Å². The molecule has 0 spiro atoms. The lowest BCUT2D eigenvalue weighted by molar-refractivity contribution is -0.133. The average molecular weight is 387 g/mol. The second-order valence-corrected chi connectivity index (χ2v) is 8.18. The number of benzene rings is 1. The molecule has 4 rings (SSSR count). The number of carbonyl (C=O) groups excluding carboxylic acids is 2. The molecular formula is C20H22FN3O2S. The van der Waals surface area contributed by atoms with E-state index in [4.69, 9.17) is 0 Å². The predicted octanol–water partition coefficient (Wildman–Crippen LogP) is 3.58. The molecule has 0 radical (unpaired) electrons. The van der Waals surface area contributed by atoms with Crippen LogP contribution in [0.5, 0.6) is 0 Å². The summed E-state index contributed by atoms with van der Waals surface area (Å²) in [6.45, 7) is 1.08. The quantitative estimate of drug-likeness (QED) is 0.853. The molecule has 2 fully saturated rings. The summed E-state index contributed by atoms with van der Waals surface area (Å²) in [6, 6.07) is 5.97. The van der Waals surface area contributed by atoms with Gasteiger partial charge in [0.1, 0.15) is 5.82 Å². The standard InChI is InChI=1S/C20H22FN3O2S/c21-16-7-3-13(4-8-16)10-18(25)24-9-1-2-15(11-24)19(26)23-20-22-17(12-27-20)14-5-6-14/h3-4,7-8,12,14-15H,1-2,5-6,9-11H2,(H,22,23,26)/t15-/m0/s1. The van der Waals surface area contributed by atoms with E-state index in [1.165, 1.54) is 36.3 Å². The minimum atomic E-state index is -0.312. The molecule has 2 aliphatic rings. The summed E-state index contributed by atoms with van der Waals surface area (Å²) in [5.74, 6) is -0.0476. The van der Waals surface area contributed by atoms with Gasteiger partial charge in [0.2, 0.25) is 11.8 Å². The molecule has 1 saturated carbocycles. The Morgan fingerprint density at radius 1 is 1.22 bits per heavy atom. The summed E-state index contributed by atoms with van der Waals surface area (Å²) in [4.78, 5) is 31.4. The van der Waals surface area contributed by atoms with Crippen molar-refractivity contribution < 1.29 is 14.0 Å². The number of hydrogen-bond acceptors (Lipinski definition) is 4. The van der Waals surface area contributed by atoms with Gasteiger partial charge in [0.25, 0.3) is 0 Å². The van der Waals surface area contributed by atoms with Crippen LogP contribution in [0.2, 0.25) is 0 Å². The van der Waals surface area contributed by atoms with Gasteiger partial charge in [-0.15, -0.1) is 11.3 Å². The highest BCUT2D eigenvalue weighted by Gasteiger charge is 2.30. The Balaban J connectivity index is 1.32. The normalized spacial score (nSPS) is 19.7. The van der Waals surface area contributed by atoms with E-state index in [0.29, 0.717) is 24.1 Å². The zero-order chi connectivity index (χ0) is 18.8. The van der Waals surface area contributed by atoms with Gasteiger partial charge in [-0.1, -0.05) is 12.1 Å². The predicted molar refractivity (Wildman–Crippen MR) is 102 cm³/mol. The van der Waals surface area contributed by atoms with Crippen LogP contribution in [0.25, 0.3) is 0 Å². The van der Waals surface area contributed by atoms with Crippen molar-refractivity contribution in [2.45, 2.75) is 38.0 Å². The van der Waals surface area contributed by atoms with Gasteiger partial charge in [-0.3, -0.25) is 9.59 Å². The number of anilines is 1. The lowest BCUT2D eigenvalue weighted by Gasteiger charge is -2.32. The second-order valence-electron chi connectivity index (χ2n) is 7.32. The number of nitrogens with zero attached hydrogens (tertiary/aromatic N) is 2. The number of amides is 2. The fraction of sp³-hybridized carbons (Fsp3) is 0.450. The maximum absolute atomic E-state index is 13.0. The topological polar surface area (TPSA) is 62.3 Å². The Bertz CT molecular complexity index is 832. The van der Waals surface area contributed by atoms with Crippen LogP contribution in [0, 0.1) is 11.7 Å². The summed E-state index contributed by atoms with van der Waals surface area (Å²) in [5.41, 5.74) is 1.86. The van der Waals surface area contributed by atoms with Crippen molar-refractivity contribution in [1.29, 1.82) is 0 Å². The summed E-state index contributed by atoms with van der Waals surface area (Å²) in [7, 11) is 0. The number of nitrogens with one attached hydrogen (secondary N) is 1. The maximum atomic E-state index is 13.0. The van der Waals surface area contributed by atoms with E-state index in [1.54, 1.807) is 17.0 Å². The molecule has 1 atom stereocenters. The number of halogens is 1. The van der Waals surface area contributed by atoms with Crippen molar-refractivity contribution in [3.8, 4) is 0 Å². The molecule has 2 amide bonds. The molecule has 5 nitrogen and oxygen atoms in total. The average Bonchev–Trinajstić information content (AvgIpc) is 3.43.